The van der Waals surface area contributed by atoms with E-state index >= 15 is 0 Å². The molecule has 210 valence electrons. The van der Waals surface area contributed by atoms with Gasteiger partial charge in [-0.25, -0.2) is 4.79 Å². The van der Waals surface area contributed by atoms with Crippen LogP contribution in [-0.2, 0) is 4.74 Å². The molecule has 40 heavy (non-hydrogen) atoms. The molecule has 0 amide bonds. The Morgan fingerprint density at radius 1 is 0.700 bits per heavy atom. The lowest BCUT2D eigenvalue weighted by Gasteiger charge is -2.20. The number of ether oxygens (including phenoxy) is 1. The molecule has 0 saturated carbocycles. The van der Waals surface area contributed by atoms with Crippen LogP contribution in [0.5, 0.6) is 0 Å². The number of unbranched alkanes of at least 4 members (excludes halogenated alkanes) is 5. The van der Waals surface area contributed by atoms with Crippen LogP contribution >= 0.6 is 22.7 Å². The number of hydrogen-bond acceptors (Lipinski definition) is 9. The molecular formula is C31H37N5O2S2. The Labute approximate surface area is 244 Å². The summed E-state index contributed by atoms with van der Waals surface area (Å²) in [5, 5.41) is 19.2. The molecule has 0 fully saturated rings. The first-order valence-corrected chi connectivity index (χ1v) is 15.7. The van der Waals surface area contributed by atoms with Gasteiger partial charge in [-0.1, -0.05) is 39.0 Å². The van der Waals surface area contributed by atoms with E-state index in [4.69, 9.17) is 4.74 Å². The first-order chi connectivity index (χ1) is 19.6. The van der Waals surface area contributed by atoms with Gasteiger partial charge in [-0.15, -0.1) is 43.1 Å². The lowest BCUT2D eigenvalue weighted by atomic mass is 10.1. The maximum Gasteiger partial charge on any atom is 0.338 e. The second-order valence-electron chi connectivity index (χ2n) is 9.44. The summed E-state index contributed by atoms with van der Waals surface area (Å²) in [6.07, 6.45) is 6.98. The smallest absolute Gasteiger partial charge is 0.338 e. The zero-order chi connectivity index (χ0) is 28.2. The standard InChI is InChI=1S/C31H37N5O2S2/c1-4-7-8-9-10-11-20-38-31(37)23-12-14-24(15-13-23)32-34-29-21-27-28(39-29)22-30(40-27)35-33-25-16-18-26(19-17-25)36(5-2)6-3/h12-19,21-22H,4-11,20H2,1-3H3. The van der Waals surface area contributed by atoms with Crippen LogP contribution in [-0.4, -0.2) is 25.7 Å². The number of fused-ring (bicyclic) bond motifs is 1. The SMILES string of the molecule is CCCCCCCCOC(=O)c1ccc(N=Nc2cc3sc(N=Nc4ccc(N(CC)CC)cc4)cc3s2)cc1. The molecule has 4 aromatic rings. The molecule has 4 rings (SSSR count). The Morgan fingerprint density at radius 2 is 1.23 bits per heavy atom. The molecule has 0 spiro atoms. The molecule has 0 aliphatic carbocycles. The maximum absolute atomic E-state index is 12.3. The van der Waals surface area contributed by atoms with Gasteiger partial charge in [0.15, 0.2) is 0 Å². The predicted octanol–water partition coefficient (Wildman–Crippen LogP) is 11.2. The van der Waals surface area contributed by atoms with Crippen LogP contribution in [0.3, 0.4) is 0 Å². The molecule has 7 nitrogen and oxygen atoms in total. The highest BCUT2D eigenvalue weighted by atomic mass is 32.1. The summed E-state index contributed by atoms with van der Waals surface area (Å²) in [4.78, 5) is 14.6. The van der Waals surface area contributed by atoms with E-state index in [9.17, 15) is 4.79 Å². The number of carbonyl (C=O) groups is 1. The van der Waals surface area contributed by atoms with Crippen LogP contribution in [0.2, 0.25) is 0 Å². The summed E-state index contributed by atoms with van der Waals surface area (Å²) in [6.45, 7) is 8.94. The van der Waals surface area contributed by atoms with Gasteiger partial charge in [0.1, 0.15) is 10.0 Å². The second kappa shape index (κ2) is 15.4. The molecule has 9 heteroatoms. The van der Waals surface area contributed by atoms with Gasteiger partial charge >= 0.3 is 5.97 Å². The van der Waals surface area contributed by atoms with E-state index in [-0.39, 0.29) is 5.97 Å². The van der Waals surface area contributed by atoms with Gasteiger partial charge in [0.2, 0.25) is 0 Å². The number of azo groups is 2. The summed E-state index contributed by atoms with van der Waals surface area (Å²) in [5.74, 6) is -0.292. The van der Waals surface area contributed by atoms with Crippen LogP contribution in [0.15, 0.2) is 81.1 Å². The fourth-order valence-electron chi connectivity index (χ4n) is 4.24. The lowest BCUT2D eigenvalue weighted by molar-refractivity contribution is 0.0497. The Kier molecular flexibility index (Phi) is 11.4. The molecule has 2 aromatic carbocycles. The second-order valence-corrected chi connectivity index (χ2v) is 11.6. The molecular weight excluding hydrogens is 539 g/mol. The predicted molar refractivity (Wildman–Crippen MR) is 168 cm³/mol. The summed E-state index contributed by atoms with van der Waals surface area (Å²) < 4.78 is 7.61. The number of rotatable bonds is 15. The van der Waals surface area contributed by atoms with Gasteiger partial charge in [0, 0.05) is 28.2 Å². The molecule has 0 aliphatic heterocycles. The fourth-order valence-corrected chi connectivity index (χ4v) is 6.26. The van der Waals surface area contributed by atoms with Gasteiger partial charge in [-0.3, -0.25) is 0 Å². The average Bonchev–Trinajstić information content (AvgIpc) is 3.54. The molecule has 0 N–H and O–H groups in total. The van der Waals surface area contributed by atoms with Crippen molar-refractivity contribution in [2.45, 2.75) is 59.3 Å². The monoisotopic (exact) mass is 575 g/mol. The minimum absolute atomic E-state index is 0.292. The van der Waals surface area contributed by atoms with E-state index in [1.165, 1.54) is 31.4 Å². The third kappa shape index (κ3) is 8.53. The first kappa shape index (κ1) is 29.6. The van der Waals surface area contributed by atoms with Gasteiger partial charge in [-0.05, 0) is 80.9 Å². The maximum atomic E-state index is 12.3. The van der Waals surface area contributed by atoms with Crippen molar-refractivity contribution < 1.29 is 9.53 Å². The molecule has 0 unspecified atom stereocenters. The topological polar surface area (TPSA) is 79.0 Å². The van der Waals surface area contributed by atoms with Crippen molar-refractivity contribution in [1.29, 1.82) is 0 Å². The van der Waals surface area contributed by atoms with Crippen molar-refractivity contribution >= 4 is 65.1 Å². The summed E-state index contributed by atoms with van der Waals surface area (Å²) in [7, 11) is 0. The van der Waals surface area contributed by atoms with E-state index in [1.807, 2.05) is 24.3 Å². The van der Waals surface area contributed by atoms with Crippen molar-refractivity contribution in [3.63, 3.8) is 0 Å². The highest BCUT2D eigenvalue weighted by Crippen LogP contribution is 2.41. The zero-order valence-corrected chi connectivity index (χ0v) is 25.1. The molecule has 0 aliphatic rings. The number of esters is 1. The Balaban J connectivity index is 1.27. The first-order valence-electron chi connectivity index (χ1n) is 14.1. The van der Waals surface area contributed by atoms with Crippen LogP contribution < -0.4 is 4.90 Å². The van der Waals surface area contributed by atoms with Gasteiger partial charge < -0.3 is 9.64 Å². The van der Waals surface area contributed by atoms with E-state index in [0.717, 1.165) is 51.0 Å². The van der Waals surface area contributed by atoms with Gasteiger partial charge in [0.25, 0.3) is 0 Å². The highest BCUT2D eigenvalue weighted by Gasteiger charge is 2.09. The van der Waals surface area contributed by atoms with Crippen molar-refractivity contribution in [2.75, 3.05) is 24.6 Å². The minimum Gasteiger partial charge on any atom is -0.462 e. The minimum atomic E-state index is -0.292. The van der Waals surface area contributed by atoms with Crippen LogP contribution in [0, 0.1) is 0 Å². The molecule has 2 aromatic heterocycles. The molecule has 2 heterocycles. The Bertz CT molecular complexity index is 1370. The quantitative estimate of drug-likeness (QED) is 0.0803. The van der Waals surface area contributed by atoms with Gasteiger partial charge in [0.05, 0.1) is 23.5 Å². The largest absolute Gasteiger partial charge is 0.462 e. The summed E-state index contributed by atoms with van der Waals surface area (Å²) in [5.41, 5.74) is 3.24. The van der Waals surface area contributed by atoms with Gasteiger partial charge in [-0.2, -0.15) is 0 Å². The number of anilines is 1. The van der Waals surface area contributed by atoms with Crippen molar-refractivity contribution in [3.05, 3.63) is 66.2 Å². The van der Waals surface area contributed by atoms with E-state index in [2.05, 4.69) is 58.3 Å². The van der Waals surface area contributed by atoms with Crippen molar-refractivity contribution in [3.8, 4) is 0 Å². The molecule has 0 radical (unpaired) electrons. The van der Waals surface area contributed by atoms with Crippen LogP contribution in [0.1, 0.15) is 69.7 Å². The molecule has 0 saturated heterocycles. The normalized spacial score (nSPS) is 11.7. The van der Waals surface area contributed by atoms with Crippen molar-refractivity contribution in [1.82, 2.24) is 0 Å². The molecule has 0 bridgehead atoms. The van der Waals surface area contributed by atoms with E-state index in [0.29, 0.717) is 17.9 Å². The molecule has 0 atom stereocenters. The number of hydrogen-bond donors (Lipinski definition) is 0. The number of benzene rings is 2. The number of carbonyl (C=O) groups excluding carboxylic acids is 1. The third-order valence-corrected chi connectivity index (χ3v) is 8.58. The highest BCUT2D eigenvalue weighted by molar-refractivity contribution is 7.31. The third-order valence-electron chi connectivity index (χ3n) is 6.52. The average molecular weight is 576 g/mol. The lowest BCUT2D eigenvalue weighted by Crippen LogP contribution is -2.21. The van der Waals surface area contributed by atoms with E-state index in [1.54, 1.807) is 46.9 Å². The Morgan fingerprint density at radius 3 is 1.77 bits per heavy atom. The summed E-state index contributed by atoms with van der Waals surface area (Å²) >= 11 is 3.14. The van der Waals surface area contributed by atoms with Crippen molar-refractivity contribution in [2.24, 2.45) is 20.5 Å². The van der Waals surface area contributed by atoms with Crippen LogP contribution in [0.25, 0.3) is 9.40 Å². The zero-order valence-electron chi connectivity index (χ0n) is 23.5. The summed E-state index contributed by atoms with van der Waals surface area (Å²) in [6, 6.07) is 19.3. The fraction of sp³-hybridized carbons (Fsp3) is 0.387. The van der Waals surface area contributed by atoms with E-state index < -0.39 is 0 Å². The Hall–Kier alpha value is -3.43. The number of nitrogens with zero attached hydrogens (tertiary/aromatic N) is 5. The number of thiophene rings is 2. The van der Waals surface area contributed by atoms with Crippen LogP contribution in [0.4, 0.5) is 27.1 Å².